The fraction of sp³-hybridized carbons (Fsp3) is 0.300. The lowest BCUT2D eigenvalue weighted by Crippen LogP contribution is -2.09. The van der Waals surface area contributed by atoms with Crippen LogP contribution in [0.4, 0.5) is 8.78 Å². The molecular formula is C10H7F2IN2O2. The van der Waals surface area contributed by atoms with Gasteiger partial charge in [-0.25, -0.2) is 13.8 Å². The summed E-state index contributed by atoms with van der Waals surface area (Å²) in [6, 6.07) is 2.83. The zero-order chi connectivity index (χ0) is 13.0. The van der Waals surface area contributed by atoms with Crippen LogP contribution in [0.1, 0.15) is 23.4 Å². The predicted molar refractivity (Wildman–Crippen MR) is 62.3 cm³/mol. The van der Waals surface area contributed by atoms with Gasteiger partial charge >= 0.3 is 5.97 Å². The van der Waals surface area contributed by atoms with Gasteiger partial charge in [0, 0.05) is 5.56 Å². The number of hydrogen-bond acceptors (Lipinski definition) is 4. The van der Waals surface area contributed by atoms with E-state index in [2.05, 4.69) is 9.72 Å². The van der Waals surface area contributed by atoms with Gasteiger partial charge in [-0.15, -0.1) is 0 Å². The van der Waals surface area contributed by atoms with Gasteiger partial charge in [-0.2, -0.15) is 5.26 Å². The number of nitrogens with zero attached hydrogens (tertiary/aromatic N) is 2. The molecule has 0 N–H and O–H groups in total. The summed E-state index contributed by atoms with van der Waals surface area (Å²) in [4.78, 5) is 14.8. The number of nitriles is 1. The summed E-state index contributed by atoms with van der Waals surface area (Å²) < 4.78 is 29.9. The van der Waals surface area contributed by atoms with Crippen molar-refractivity contribution in [2.45, 2.75) is 12.8 Å². The molecule has 1 aromatic heterocycles. The lowest BCUT2D eigenvalue weighted by Gasteiger charge is -2.07. The fourth-order valence-electron chi connectivity index (χ4n) is 1.15. The smallest absolute Gasteiger partial charge is 0.311 e. The Morgan fingerprint density at radius 2 is 2.35 bits per heavy atom. The summed E-state index contributed by atoms with van der Waals surface area (Å²) in [5.41, 5.74) is -0.303. The van der Waals surface area contributed by atoms with Gasteiger partial charge in [-0.05, 0) is 28.7 Å². The summed E-state index contributed by atoms with van der Waals surface area (Å²) in [6.45, 7) is 0. The van der Waals surface area contributed by atoms with Gasteiger partial charge < -0.3 is 4.74 Å². The van der Waals surface area contributed by atoms with Gasteiger partial charge in [0.2, 0.25) is 0 Å². The molecule has 0 atom stereocenters. The van der Waals surface area contributed by atoms with Gasteiger partial charge in [0.1, 0.15) is 6.07 Å². The molecule has 0 spiro atoms. The summed E-state index contributed by atoms with van der Waals surface area (Å²) in [6.07, 6.45) is -2.95. The monoisotopic (exact) mass is 352 g/mol. The van der Waals surface area contributed by atoms with Crippen LogP contribution in [0.3, 0.4) is 0 Å². The summed E-state index contributed by atoms with van der Waals surface area (Å²) in [7, 11) is 1.19. The first-order valence-electron chi connectivity index (χ1n) is 4.44. The van der Waals surface area contributed by atoms with Crippen LogP contribution in [0, 0.1) is 14.9 Å². The van der Waals surface area contributed by atoms with Crippen molar-refractivity contribution in [1.82, 2.24) is 4.98 Å². The quantitative estimate of drug-likeness (QED) is 0.618. The molecule has 4 nitrogen and oxygen atoms in total. The molecule has 1 rings (SSSR count). The average Bonchev–Trinajstić information content (AvgIpc) is 2.30. The van der Waals surface area contributed by atoms with Crippen LogP contribution in [0.2, 0.25) is 0 Å². The topological polar surface area (TPSA) is 63.0 Å². The first-order chi connectivity index (χ1) is 7.99. The van der Waals surface area contributed by atoms with Gasteiger partial charge in [-0.1, -0.05) is 0 Å². The van der Waals surface area contributed by atoms with E-state index in [0.29, 0.717) is 0 Å². The first kappa shape index (κ1) is 13.8. The van der Waals surface area contributed by atoms with E-state index in [4.69, 9.17) is 5.26 Å². The SMILES string of the molecule is COC(=O)Cc1cc(C(F)F)c(I)c(C#N)n1. The maximum atomic E-state index is 12.7. The minimum Gasteiger partial charge on any atom is -0.469 e. The number of rotatable bonds is 3. The van der Waals surface area contributed by atoms with Crippen molar-refractivity contribution in [2.75, 3.05) is 7.11 Å². The Balaban J connectivity index is 3.21. The number of esters is 1. The van der Waals surface area contributed by atoms with Gasteiger partial charge in [0.25, 0.3) is 6.43 Å². The van der Waals surface area contributed by atoms with Crippen LogP contribution < -0.4 is 0 Å². The van der Waals surface area contributed by atoms with E-state index in [-0.39, 0.29) is 26.9 Å². The van der Waals surface area contributed by atoms with Crippen molar-refractivity contribution < 1.29 is 18.3 Å². The van der Waals surface area contributed by atoms with Crippen LogP contribution in [0.5, 0.6) is 0 Å². The normalized spacial score (nSPS) is 10.1. The Morgan fingerprint density at radius 3 is 2.82 bits per heavy atom. The molecule has 0 aliphatic carbocycles. The van der Waals surface area contributed by atoms with Crippen LogP contribution in [0.15, 0.2) is 6.07 Å². The van der Waals surface area contributed by atoms with E-state index in [0.717, 1.165) is 6.07 Å². The van der Waals surface area contributed by atoms with Crippen molar-refractivity contribution in [2.24, 2.45) is 0 Å². The number of hydrogen-bond donors (Lipinski definition) is 0. The van der Waals surface area contributed by atoms with Crippen LogP contribution in [-0.4, -0.2) is 18.1 Å². The summed E-state index contributed by atoms with van der Waals surface area (Å²) in [5.74, 6) is -0.595. The Morgan fingerprint density at radius 1 is 1.71 bits per heavy atom. The Labute approximate surface area is 110 Å². The second-order valence-corrected chi connectivity index (χ2v) is 4.11. The minimum atomic E-state index is -2.71. The number of halogens is 3. The maximum absolute atomic E-state index is 12.7. The zero-order valence-electron chi connectivity index (χ0n) is 8.71. The number of carbonyl (C=O) groups is 1. The van der Waals surface area contributed by atoms with Crippen molar-refractivity contribution >= 4 is 28.6 Å². The molecule has 0 aliphatic rings. The number of pyridine rings is 1. The first-order valence-corrected chi connectivity index (χ1v) is 5.51. The molecule has 0 fully saturated rings. The van der Waals surface area contributed by atoms with E-state index in [1.807, 2.05) is 0 Å². The molecule has 0 saturated heterocycles. The molecule has 0 unspecified atom stereocenters. The third-order valence-corrected chi connectivity index (χ3v) is 3.07. The molecule has 0 aliphatic heterocycles. The minimum absolute atomic E-state index is 0.101. The van der Waals surface area contributed by atoms with Crippen LogP contribution in [0.25, 0.3) is 0 Å². The molecule has 0 bridgehead atoms. The molecule has 0 saturated carbocycles. The lowest BCUT2D eigenvalue weighted by molar-refractivity contribution is -0.139. The van der Waals surface area contributed by atoms with Gasteiger partial charge in [0.05, 0.1) is 22.8 Å². The fourth-order valence-corrected chi connectivity index (χ4v) is 1.78. The molecule has 0 radical (unpaired) electrons. The van der Waals surface area contributed by atoms with E-state index >= 15 is 0 Å². The van der Waals surface area contributed by atoms with Crippen LogP contribution in [-0.2, 0) is 16.0 Å². The number of alkyl halides is 2. The molecule has 7 heteroatoms. The van der Waals surface area contributed by atoms with Gasteiger partial charge in [-0.3, -0.25) is 4.79 Å². The van der Waals surface area contributed by atoms with Crippen molar-refractivity contribution in [3.05, 3.63) is 26.6 Å². The third kappa shape index (κ3) is 3.33. The van der Waals surface area contributed by atoms with Crippen molar-refractivity contribution in [3.8, 4) is 6.07 Å². The average molecular weight is 352 g/mol. The van der Waals surface area contributed by atoms with E-state index < -0.39 is 12.4 Å². The molecule has 0 amide bonds. The molecule has 0 aromatic carbocycles. The highest BCUT2D eigenvalue weighted by molar-refractivity contribution is 14.1. The summed E-state index contributed by atoms with van der Waals surface area (Å²) >= 11 is 1.63. The van der Waals surface area contributed by atoms with E-state index in [1.54, 1.807) is 28.7 Å². The summed E-state index contributed by atoms with van der Waals surface area (Å²) in [5, 5.41) is 8.76. The largest absolute Gasteiger partial charge is 0.469 e. The Hall–Kier alpha value is -1.30. The van der Waals surface area contributed by atoms with E-state index in [1.165, 1.54) is 7.11 Å². The van der Waals surface area contributed by atoms with Gasteiger partial charge in [0.15, 0.2) is 5.69 Å². The third-order valence-electron chi connectivity index (χ3n) is 1.93. The second-order valence-electron chi connectivity index (χ2n) is 3.03. The standard InChI is InChI=1S/C10H7F2IN2O2/c1-17-8(16)3-5-2-6(10(11)12)9(13)7(4-14)15-5/h2,10H,3H2,1H3. The highest BCUT2D eigenvalue weighted by Crippen LogP contribution is 2.26. The molecule has 1 aromatic rings. The van der Waals surface area contributed by atoms with Crippen molar-refractivity contribution in [1.29, 1.82) is 5.26 Å². The Bertz CT molecular complexity index is 486. The Kier molecular flexibility index (Phi) is 4.74. The molecule has 17 heavy (non-hydrogen) atoms. The zero-order valence-corrected chi connectivity index (χ0v) is 10.9. The molecular weight excluding hydrogens is 345 g/mol. The number of methoxy groups -OCH3 is 1. The highest BCUT2D eigenvalue weighted by atomic mass is 127. The molecule has 90 valence electrons. The lowest BCUT2D eigenvalue weighted by atomic mass is 10.1. The van der Waals surface area contributed by atoms with E-state index in [9.17, 15) is 13.6 Å². The number of aromatic nitrogens is 1. The van der Waals surface area contributed by atoms with Crippen LogP contribution >= 0.6 is 22.6 Å². The number of carbonyl (C=O) groups excluding carboxylic acids is 1. The predicted octanol–water partition coefficient (Wildman–Crippen LogP) is 2.21. The second kappa shape index (κ2) is 5.86. The molecule has 1 heterocycles. The maximum Gasteiger partial charge on any atom is 0.311 e. The highest BCUT2D eigenvalue weighted by Gasteiger charge is 2.18. The van der Waals surface area contributed by atoms with Crippen molar-refractivity contribution in [3.63, 3.8) is 0 Å². The number of ether oxygens (including phenoxy) is 1.